The molecule has 0 aliphatic carbocycles. The second-order valence-corrected chi connectivity index (χ2v) is 4.87. The number of ether oxygens (including phenoxy) is 1. The molecule has 0 aromatic carbocycles. The maximum absolute atomic E-state index is 12.0. The van der Waals surface area contributed by atoms with Crippen LogP contribution in [0.5, 0.6) is 0 Å². The Kier molecular flexibility index (Phi) is 5.08. The summed E-state index contributed by atoms with van der Waals surface area (Å²) in [5.41, 5.74) is 1.18. The van der Waals surface area contributed by atoms with Crippen LogP contribution in [0.3, 0.4) is 0 Å². The molecule has 7 nitrogen and oxygen atoms in total. The van der Waals surface area contributed by atoms with Crippen LogP contribution in [0.15, 0.2) is 10.6 Å². The van der Waals surface area contributed by atoms with Crippen LogP contribution in [-0.4, -0.2) is 26.3 Å². The predicted octanol–water partition coefficient (Wildman–Crippen LogP) is 2.62. The number of aryl methyl sites for hydroxylation is 2. The van der Waals surface area contributed by atoms with Gasteiger partial charge in [-0.3, -0.25) is 5.10 Å². The Bertz CT molecular complexity index is 591. The first kappa shape index (κ1) is 15.2. The van der Waals surface area contributed by atoms with Crippen molar-refractivity contribution in [1.29, 1.82) is 0 Å². The summed E-state index contributed by atoms with van der Waals surface area (Å²) < 4.78 is 10.4. The Balaban J connectivity index is 1.96. The smallest absolute Gasteiger partial charge is 0.359 e. The van der Waals surface area contributed by atoms with Crippen LogP contribution in [0.25, 0.3) is 0 Å². The summed E-state index contributed by atoms with van der Waals surface area (Å²) in [7, 11) is 0. The van der Waals surface area contributed by atoms with Crippen LogP contribution in [0.4, 0.5) is 0 Å². The molecular weight excluding hydrogens is 272 g/mol. The minimum atomic E-state index is -0.595. The third kappa shape index (κ3) is 3.90. The lowest BCUT2D eigenvalue weighted by atomic mass is 10.2. The van der Waals surface area contributed by atoms with Gasteiger partial charge in [0.25, 0.3) is 5.89 Å². The van der Waals surface area contributed by atoms with Gasteiger partial charge in [-0.25, -0.2) is 4.79 Å². The fourth-order valence-electron chi connectivity index (χ4n) is 1.89. The molecule has 0 aliphatic rings. The highest BCUT2D eigenvalue weighted by Crippen LogP contribution is 2.17. The number of hydrogen-bond donors (Lipinski definition) is 1. The zero-order valence-electron chi connectivity index (χ0n) is 12.5. The first-order valence-electron chi connectivity index (χ1n) is 7.21. The summed E-state index contributed by atoms with van der Waals surface area (Å²) >= 11 is 0. The van der Waals surface area contributed by atoms with Gasteiger partial charge in [-0.05, 0) is 25.8 Å². The highest BCUT2D eigenvalue weighted by molar-refractivity contribution is 5.87. The molecule has 7 heteroatoms. The third-order valence-electron chi connectivity index (χ3n) is 2.95. The van der Waals surface area contributed by atoms with Crippen molar-refractivity contribution in [2.45, 2.75) is 52.6 Å². The van der Waals surface area contributed by atoms with Gasteiger partial charge in [0.05, 0.1) is 0 Å². The Hall–Kier alpha value is -2.18. The van der Waals surface area contributed by atoms with Gasteiger partial charge in [0.15, 0.2) is 17.6 Å². The molecule has 1 N–H and O–H groups in total. The summed E-state index contributed by atoms with van der Waals surface area (Å²) in [6, 6.07) is 1.70. The minimum absolute atomic E-state index is 0.263. The Morgan fingerprint density at radius 2 is 2.14 bits per heavy atom. The topological polar surface area (TPSA) is 93.9 Å². The maximum Gasteiger partial charge on any atom is 0.359 e. The molecule has 2 aromatic heterocycles. The Labute approximate surface area is 123 Å². The summed E-state index contributed by atoms with van der Waals surface area (Å²) in [5.74, 6) is 0.424. The minimum Gasteiger partial charge on any atom is -0.448 e. The molecule has 21 heavy (non-hydrogen) atoms. The zero-order valence-corrected chi connectivity index (χ0v) is 12.5. The number of rotatable bonds is 7. The number of aromatic nitrogens is 4. The summed E-state index contributed by atoms with van der Waals surface area (Å²) in [6.07, 6.45) is 2.90. The molecular formula is C14H20N4O3. The molecule has 0 saturated heterocycles. The molecule has 0 bridgehead atoms. The Morgan fingerprint density at radius 3 is 2.86 bits per heavy atom. The van der Waals surface area contributed by atoms with Crippen LogP contribution in [0.1, 0.15) is 67.6 Å². The van der Waals surface area contributed by atoms with E-state index in [-0.39, 0.29) is 5.69 Å². The highest BCUT2D eigenvalue weighted by Gasteiger charge is 2.21. The molecule has 2 aromatic rings. The van der Waals surface area contributed by atoms with Gasteiger partial charge in [0.1, 0.15) is 0 Å². The van der Waals surface area contributed by atoms with Crippen LogP contribution >= 0.6 is 0 Å². The first-order chi connectivity index (χ1) is 10.1. The summed E-state index contributed by atoms with van der Waals surface area (Å²) in [4.78, 5) is 16.2. The van der Waals surface area contributed by atoms with E-state index in [1.54, 1.807) is 13.0 Å². The van der Waals surface area contributed by atoms with E-state index in [2.05, 4.69) is 27.3 Å². The van der Waals surface area contributed by atoms with Gasteiger partial charge >= 0.3 is 5.97 Å². The fourth-order valence-corrected chi connectivity index (χ4v) is 1.89. The van der Waals surface area contributed by atoms with Gasteiger partial charge < -0.3 is 9.26 Å². The monoisotopic (exact) mass is 292 g/mol. The average molecular weight is 292 g/mol. The van der Waals surface area contributed by atoms with Crippen molar-refractivity contribution in [3.63, 3.8) is 0 Å². The predicted molar refractivity (Wildman–Crippen MR) is 74.7 cm³/mol. The third-order valence-corrected chi connectivity index (χ3v) is 2.95. The molecule has 1 unspecified atom stereocenters. The zero-order chi connectivity index (χ0) is 15.2. The largest absolute Gasteiger partial charge is 0.448 e. The van der Waals surface area contributed by atoms with E-state index in [9.17, 15) is 4.79 Å². The molecule has 0 aliphatic heterocycles. The number of esters is 1. The number of hydrogen-bond acceptors (Lipinski definition) is 6. The lowest BCUT2D eigenvalue weighted by Gasteiger charge is -2.06. The number of nitrogens with zero attached hydrogens (tertiary/aromatic N) is 3. The van der Waals surface area contributed by atoms with Gasteiger partial charge in [-0.15, -0.1) is 0 Å². The first-order valence-corrected chi connectivity index (χ1v) is 7.21. The molecule has 0 saturated carbocycles. The Morgan fingerprint density at radius 1 is 1.38 bits per heavy atom. The van der Waals surface area contributed by atoms with Crippen LogP contribution in [0, 0.1) is 0 Å². The lowest BCUT2D eigenvalue weighted by Crippen LogP contribution is -2.10. The summed E-state index contributed by atoms with van der Waals surface area (Å²) in [5, 5.41) is 10.6. The van der Waals surface area contributed by atoms with Crippen molar-refractivity contribution in [1.82, 2.24) is 20.3 Å². The fraction of sp³-hybridized carbons (Fsp3) is 0.571. The van der Waals surface area contributed by atoms with E-state index in [1.165, 1.54) is 0 Å². The molecule has 114 valence electrons. The van der Waals surface area contributed by atoms with Crippen molar-refractivity contribution < 1.29 is 14.1 Å². The van der Waals surface area contributed by atoms with E-state index in [0.29, 0.717) is 11.7 Å². The molecule has 2 rings (SSSR count). The summed E-state index contributed by atoms with van der Waals surface area (Å²) in [6.45, 7) is 5.79. The van der Waals surface area contributed by atoms with Crippen LogP contribution in [-0.2, 0) is 17.6 Å². The second kappa shape index (κ2) is 7.01. The number of carbonyl (C=O) groups is 1. The number of carbonyl (C=O) groups excluding carboxylic acids is 1. The molecule has 0 amide bonds. The van der Waals surface area contributed by atoms with E-state index >= 15 is 0 Å². The van der Waals surface area contributed by atoms with Gasteiger partial charge in [0.2, 0.25) is 0 Å². The SMILES string of the molecule is CCCc1noc(C(C)OC(=O)c2cc(CCC)[nH]n2)n1. The van der Waals surface area contributed by atoms with Crippen molar-refractivity contribution >= 4 is 5.97 Å². The standard InChI is InChI=1S/C14H20N4O3/c1-4-6-10-8-11(17-16-10)14(19)20-9(3)13-15-12(7-5-2)18-21-13/h8-9H,4-7H2,1-3H3,(H,16,17). The molecule has 1 atom stereocenters. The van der Waals surface area contributed by atoms with Gasteiger partial charge in [0, 0.05) is 12.1 Å². The van der Waals surface area contributed by atoms with Crippen molar-refractivity contribution in [2.75, 3.05) is 0 Å². The molecule has 0 spiro atoms. The molecule has 2 heterocycles. The molecule has 0 fully saturated rings. The van der Waals surface area contributed by atoms with Crippen molar-refractivity contribution in [2.24, 2.45) is 0 Å². The van der Waals surface area contributed by atoms with Crippen molar-refractivity contribution in [3.8, 4) is 0 Å². The van der Waals surface area contributed by atoms with E-state index in [0.717, 1.165) is 31.4 Å². The van der Waals surface area contributed by atoms with E-state index in [4.69, 9.17) is 9.26 Å². The lowest BCUT2D eigenvalue weighted by molar-refractivity contribution is 0.0258. The van der Waals surface area contributed by atoms with Gasteiger partial charge in [-0.1, -0.05) is 25.4 Å². The highest BCUT2D eigenvalue weighted by atomic mass is 16.6. The van der Waals surface area contributed by atoms with E-state index < -0.39 is 12.1 Å². The maximum atomic E-state index is 12.0. The van der Waals surface area contributed by atoms with Crippen LogP contribution in [0.2, 0.25) is 0 Å². The van der Waals surface area contributed by atoms with Crippen LogP contribution < -0.4 is 0 Å². The normalized spacial score (nSPS) is 12.3. The second-order valence-electron chi connectivity index (χ2n) is 4.87. The van der Waals surface area contributed by atoms with Gasteiger partial charge in [-0.2, -0.15) is 10.1 Å². The number of nitrogens with one attached hydrogen (secondary N) is 1. The van der Waals surface area contributed by atoms with E-state index in [1.807, 2.05) is 6.92 Å². The van der Waals surface area contributed by atoms with Crippen molar-refractivity contribution in [3.05, 3.63) is 29.2 Å². The quantitative estimate of drug-likeness (QED) is 0.788. The molecule has 0 radical (unpaired) electrons. The number of H-pyrrole nitrogens is 1. The average Bonchev–Trinajstić information content (AvgIpc) is 3.09. The number of aromatic amines is 1.